The predicted molar refractivity (Wildman–Crippen MR) is 194 cm³/mol. The number of benzene rings is 2. The van der Waals surface area contributed by atoms with E-state index in [-0.39, 0.29) is 35.7 Å². The molecule has 4 rings (SSSR count). The van der Waals surface area contributed by atoms with E-state index in [1.165, 1.54) is 73.3 Å². The van der Waals surface area contributed by atoms with E-state index in [9.17, 15) is 14.4 Å². The van der Waals surface area contributed by atoms with Crippen molar-refractivity contribution in [2.45, 2.75) is 151 Å². The molecular formula is C43H64O3. The van der Waals surface area contributed by atoms with Crippen molar-refractivity contribution in [2.75, 3.05) is 0 Å². The summed E-state index contributed by atoms with van der Waals surface area (Å²) in [5.74, 6) is 2.61. The van der Waals surface area contributed by atoms with E-state index in [1.807, 2.05) is 0 Å². The second-order valence-electron chi connectivity index (χ2n) is 15.1. The number of ketones is 3. The van der Waals surface area contributed by atoms with Gasteiger partial charge in [-0.1, -0.05) is 97.2 Å². The van der Waals surface area contributed by atoms with Gasteiger partial charge in [-0.15, -0.1) is 0 Å². The quantitative estimate of drug-likeness (QED) is 0.196. The topological polar surface area (TPSA) is 51.2 Å². The van der Waals surface area contributed by atoms with Crippen LogP contribution >= 0.6 is 0 Å². The standard InChI is InChI=1S/C40H56O3.C3H8/c1-7-12-33(35(8-2)38(42)19-27(5)41)22-32-23-37-36(26(3)4)25-34(28(6)40(37)39(43)24-32)21-31-17-15-30(16-18-31)20-29-13-10-9-11-14-29;1-3-2/h9-11,13-14,25-26,30-33,35H,7-8,12,15-24H2,1-6H3;3H2,1-2H3. The van der Waals surface area contributed by atoms with Crippen molar-refractivity contribution in [3.63, 3.8) is 0 Å². The van der Waals surface area contributed by atoms with Gasteiger partial charge in [-0.25, -0.2) is 0 Å². The Balaban J connectivity index is 0.00000185. The van der Waals surface area contributed by atoms with Crippen LogP contribution in [0.5, 0.6) is 0 Å². The molecule has 0 aromatic heterocycles. The molecule has 0 radical (unpaired) electrons. The summed E-state index contributed by atoms with van der Waals surface area (Å²) >= 11 is 0. The fourth-order valence-electron chi connectivity index (χ4n) is 8.51. The Morgan fingerprint density at radius 2 is 1.48 bits per heavy atom. The van der Waals surface area contributed by atoms with E-state index in [2.05, 4.69) is 84.9 Å². The molecule has 2 aliphatic carbocycles. The van der Waals surface area contributed by atoms with Crippen LogP contribution in [0.15, 0.2) is 36.4 Å². The van der Waals surface area contributed by atoms with Gasteiger partial charge in [0.05, 0.1) is 6.42 Å². The largest absolute Gasteiger partial charge is 0.300 e. The maximum Gasteiger partial charge on any atom is 0.163 e. The molecule has 46 heavy (non-hydrogen) atoms. The van der Waals surface area contributed by atoms with Gasteiger partial charge in [0.2, 0.25) is 0 Å². The zero-order valence-electron chi connectivity index (χ0n) is 30.6. The molecule has 3 atom stereocenters. The number of fused-ring (bicyclic) bond motifs is 1. The van der Waals surface area contributed by atoms with Crippen LogP contribution in [-0.4, -0.2) is 17.3 Å². The maximum atomic E-state index is 13.9. The van der Waals surface area contributed by atoms with Crippen molar-refractivity contribution in [3.8, 4) is 0 Å². The molecule has 0 N–H and O–H groups in total. The molecule has 2 aromatic carbocycles. The first-order valence-corrected chi connectivity index (χ1v) is 18.8. The van der Waals surface area contributed by atoms with Gasteiger partial charge in [-0.2, -0.15) is 0 Å². The van der Waals surface area contributed by atoms with Crippen molar-refractivity contribution in [1.29, 1.82) is 0 Å². The highest BCUT2D eigenvalue weighted by Crippen LogP contribution is 2.41. The minimum atomic E-state index is -0.0863. The Kier molecular flexibility index (Phi) is 15.4. The number of rotatable bonds is 14. The molecule has 0 heterocycles. The monoisotopic (exact) mass is 628 g/mol. The van der Waals surface area contributed by atoms with Crippen LogP contribution in [0.25, 0.3) is 0 Å². The Labute approximate surface area is 281 Å². The van der Waals surface area contributed by atoms with Crippen LogP contribution in [0, 0.1) is 36.5 Å². The molecule has 0 amide bonds. The molecular weight excluding hydrogens is 564 g/mol. The summed E-state index contributed by atoms with van der Waals surface area (Å²) in [5.41, 5.74) is 7.74. The second kappa shape index (κ2) is 18.7. The van der Waals surface area contributed by atoms with Gasteiger partial charge in [-0.05, 0) is 129 Å². The number of hydrogen-bond acceptors (Lipinski definition) is 3. The van der Waals surface area contributed by atoms with Gasteiger partial charge < -0.3 is 0 Å². The Hall–Kier alpha value is -2.55. The summed E-state index contributed by atoms with van der Waals surface area (Å²) in [7, 11) is 0. The smallest absolute Gasteiger partial charge is 0.163 e. The summed E-state index contributed by atoms with van der Waals surface area (Å²) in [5, 5.41) is 0. The molecule has 2 aliphatic rings. The van der Waals surface area contributed by atoms with Gasteiger partial charge in [-0.3, -0.25) is 14.4 Å². The molecule has 3 heteroatoms. The molecule has 1 fully saturated rings. The summed E-state index contributed by atoms with van der Waals surface area (Å²) in [6.07, 6.45) is 13.9. The number of carbonyl (C=O) groups excluding carboxylic acids is 3. The summed E-state index contributed by atoms with van der Waals surface area (Å²) in [6.45, 7) is 16.7. The van der Waals surface area contributed by atoms with E-state index >= 15 is 0 Å². The van der Waals surface area contributed by atoms with Crippen LogP contribution in [0.1, 0.15) is 163 Å². The van der Waals surface area contributed by atoms with Crippen molar-refractivity contribution >= 4 is 17.3 Å². The van der Waals surface area contributed by atoms with Gasteiger partial charge in [0.25, 0.3) is 0 Å². The molecule has 0 bridgehead atoms. The first-order valence-electron chi connectivity index (χ1n) is 18.8. The average Bonchev–Trinajstić information content (AvgIpc) is 3.00. The van der Waals surface area contributed by atoms with Crippen LogP contribution in [0.2, 0.25) is 0 Å². The molecule has 1 saturated carbocycles. The first kappa shape index (κ1) is 37.9. The summed E-state index contributed by atoms with van der Waals surface area (Å²) < 4.78 is 0. The highest BCUT2D eigenvalue weighted by molar-refractivity contribution is 6.01. The highest BCUT2D eigenvalue weighted by Gasteiger charge is 2.35. The van der Waals surface area contributed by atoms with E-state index in [1.54, 1.807) is 0 Å². The van der Waals surface area contributed by atoms with E-state index in [0.717, 1.165) is 50.0 Å². The fourth-order valence-corrected chi connectivity index (χ4v) is 8.51. The Morgan fingerprint density at radius 1 is 0.870 bits per heavy atom. The normalized spacial score (nSPS) is 20.8. The maximum absolute atomic E-state index is 13.9. The van der Waals surface area contributed by atoms with E-state index < -0.39 is 0 Å². The summed E-state index contributed by atoms with van der Waals surface area (Å²) in [6, 6.07) is 13.4. The lowest BCUT2D eigenvalue weighted by Gasteiger charge is -2.34. The van der Waals surface area contributed by atoms with Gasteiger partial charge in [0.15, 0.2) is 5.78 Å². The van der Waals surface area contributed by atoms with Crippen LogP contribution in [-0.2, 0) is 28.9 Å². The van der Waals surface area contributed by atoms with Crippen molar-refractivity contribution < 1.29 is 14.4 Å². The zero-order valence-corrected chi connectivity index (χ0v) is 30.6. The molecule has 3 nitrogen and oxygen atoms in total. The van der Waals surface area contributed by atoms with Crippen molar-refractivity contribution in [2.24, 2.45) is 29.6 Å². The van der Waals surface area contributed by atoms with Crippen LogP contribution < -0.4 is 0 Å². The lowest BCUT2D eigenvalue weighted by Crippen LogP contribution is -2.30. The third-order valence-corrected chi connectivity index (χ3v) is 10.7. The fraction of sp³-hybridized carbons (Fsp3) is 0.651. The van der Waals surface area contributed by atoms with Gasteiger partial charge in [0, 0.05) is 17.9 Å². The van der Waals surface area contributed by atoms with Crippen LogP contribution in [0.4, 0.5) is 0 Å². The van der Waals surface area contributed by atoms with Gasteiger partial charge in [0.1, 0.15) is 11.6 Å². The van der Waals surface area contributed by atoms with E-state index in [0.29, 0.717) is 24.0 Å². The lowest BCUT2D eigenvalue weighted by atomic mass is 9.69. The van der Waals surface area contributed by atoms with Crippen LogP contribution in [0.3, 0.4) is 0 Å². The zero-order chi connectivity index (χ0) is 33.8. The minimum absolute atomic E-state index is 0.0410. The first-order chi connectivity index (χ1) is 22.0. The SMILES string of the molecule is CCC.CCCC(CC1CC(=O)c2c(C)c(CC3CCC(Cc4ccccc4)CC3)cc(C(C)C)c2C1)C(CC)C(=O)CC(C)=O. The van der Waals surface area contributed by atoms with E-state index in [4.69, 9.17) is 0 Å². The van der Waals surface area contributed by atoms with Crippen molar-refractivity contribution in [1.82, 2.24) is 0 Å². The number of hydrogen-bond donors (Lipinski definition) is 0. The van der Waals surface area contributed by atoms with Crippen molar-refractivity contribution in [3.05, 3.63) is 69.8 Å². The molecule has 0 aliphatic heterocycles. The summed E-state index contributed by atoms with van der Waals surface area (Å²) in [4.78, 5) is 38.6. The highest BCUT2D eigenvalue weighted by atomic mass is 16.1. The number of carbonyl (C=O) groups is 3. The third-order valence-electron chi connectivity index (χ3n) is 10.7. The second-order valence-corrected chi connectivity index (χ2v) is 15.1. The van der Waals surface area contributed by atoms with Gasteiger partial charge >= 0.3 is 0 Å². The molecule has 0 spiro atoms. The minimum Gasteiger partial charge on any atom is -0.300 e. The molecule has 2 aromatic rings. The predicted octanol–water partition coefficient (Wildman–Crippen LogP) is 11.3. The molecule has 254 valence electrons. The molecule has 0 saturated heterocycles. The molecule has 3 unspecified atom stereocenters. The Bertz CT molecular complexity index is 1260. The average molecular weight is 629 g/mol. The lowest BCUT2D eigenvalue weighted by molar-refractivity contribution is -0.129. The number of Topliss-reactive ketones (excluding diaryl/α,β-unsaturated/α-hetero) is 3. The third kappa shape index (κ3) is 10.5. The Morgan fingerprint density at radius 3 is 2.02 bits per heavy atom.